The van der Waals surface area contributed by atoms with Crippen molar-refractivity contribution >= 4 is 40.1 Å². The Bertz CT molecular complexity index is 1090. The standard InChI is InChI=1S/C22H18N4O2/c1-14(27)26-19-13-16(23)7-8-18(19)20(22(26)28)21(15-5-3-2-4-6-15)25-17-9-11-24-12-10-17/h2-13H,23H2,1H3,(H,24,25)/b21-20-. The van der Waals surface area contributed by atoms with Crippen LogP contribution >= 0.6 is 0 Å². The Morgan fingerprint density at radius 2 is 1.75 bits per heavy atom. The minimum atomic E-state index is -0.381. The van der Waals surface area contributed by atoms with Gasteiger partial charge in [-0.15, -0.1) is 0 Å². The summed E-state index contributed by atoms with van der Waals surface area (Å²) in [6.45, 7) is 1.37. The number of nitrogens with zero attached hydrogens (tertiary/aromatic N) is 2. The molecule has 0 radical (unpaired) electrons. The van der Waals surface area contributed by atoms with Gasteiger partial charge in [0.25, 0.3) is 5.91 Å². The molecule has 4 rings (SSSR count). The predicted molar refractivity (Wildman–Crippen MR) is 110 cm³/mol. The summed E-state index contributed by atoms with van der Waals surface area (Å²) in [6, 6.07) is 18.3. The van der Waals surface area contributed by atoms with Crippen molar-refractivity contribution in [3.8, 4) is 0 Å². The van der Waals surface area contributed by atoms with E-state index in [4.69, 9.17) is 5.73 Å². The third-order valence-electron chi connectivity index (χ3n) is 4.53. The molecule has 3 aromatic rings. The van der Waals surface area contributed by atoms with Gasteiger partial charge in [-0.25, -0.2) is 4.90 Å². The fourth-order valence-electron chi connectivity index (χ4n) is 3.30. The van der Waals surface area contributed by atoms with Crippen LogP contribution < -0.4 is 16.0 Å². The lowest BCUT2D eigenvalue weighted by Crippen LogP contribution is -2.31. The molecule has 1 aliphatic rings. The normalized spacial score (nSPS) is 14.6. The van der Waals surface area contributed by atoms with Gasteiger partial charge in [0.15, 0.2) is 0 Å². The van der Waals surface area contributed by atoms with Crippen molar-refractivity contribution in [2.45, 2.75) is 6.92 Å². The van der Waals surface area contributed by atoms with Crippen molar-refractivity contribution in [1.82, 2.24) is 4.98 Å². The van der Waals surface area contributed by atoms with Crippen molar-refractivity contribution < 1.29 is 9.59 Å². The number of aromatic nitrogens is 1. The summed E-state index contributed by atoms with van der Waals surface area (Å²) < 4.78 is 0. The van der Waals surface area contributed by atoms with Gasteiger partial charge in [-0.3, -0.25) is 14.6 Å². The van der Waals surface area contributed by atoms with E-state index >= 15 is 0 Å². The molecule has 2 heterocycles. The summed E-state index contributed by atoms with van der Waals surface area (Å²) in [4.78, 5) is 30.7. The number of amides is 2. The number of hydrogen-bond donors (Lipinski definition) is 2. The summed E-state index contributed by atoms with van der Waals surface area (Å²) in [7, 11) is 0. The van der Waals surface area contributed by atoms with Gasteiger partial charge in [-0.2, -0.15) is 0 Å². The van der Waals surface area contributed by atoms with Crippen LogP contribution in [0.25, 0.3) is 11.3 Å². The zero-order valence-corrected chi connectivity index (χ0v) is 15.2. The number of fused-ring (bicyclic) bond motifs is 1. The fourth-order valence-corrected chi connectivity index (χ4v) is 3.30. The van der Waals surface area contributed by atoms with Crippen LogP contribution in [0.3, 0.4) is 0 Å². The molecule has 0 unspecified atom stereocenters. The van der Waals surface area contributed by atoms with E-state index in [9.17, 15) is 9.59 Å². The van der Waals surface area contributed by atoms with Crippen LogP contribution in [0.1, 0.15) is 18.1 Å². The first-order chi connectivity index (χ1) is 13.6. The number of hydrogen-bond acceptors (Lipinski definition) is 5. The smallest absolute Gasteiger partial charge is 0.267 e. The number of pyridine rings is 1. The highest BCUT2D eigenvalue weighted by molar-refractivity contribution is 6.43. The SMILES string of the molecule is CC(=O)N1C(=O)/C(=C(\Nc2ccncc2)c2ccccc2)c2ccc(N)cc21. The monoisotopic (exact) mass is 370 g/mol. The molecule has 0 atom stereocenters. The van der Waals surface area contributed by atoms with Crippen molar-refractivity contribution in [3.05, 3.63) is 84.2 Å². The van der Waals surface area contributed by atoms with E-state index in [1.165, 1.54) is 6.92 Å². The van der Waals surface area contributed by atoms with Crippen molar-refractivity contribution in [2.75, 3.05) is 16.0 Å². The molecule has 0 saturated carbocycles. The molecule has 1 aliphatic heterocycles. The Hall–Kier alpha value is -3.93. The van der Waals surface area contributed by atoms with Gasteiger partial charge in [0.1, 0.15) is 0 Å². The van der Waals surface area contributed by atoms with Crippen LogP contribution in [-0.4, -0.2) is 16.8 Å². The first kappa shape index (κ1) is 17.5. The first-order valence-corrected chi connectivity index (χ1v) is 8.78. The predicted octanol–water partition coefficient (Wildman–Crippen LogP) is 3.54. The Kier molecular flexibility index (Phi) is 4.37. The lowest BCUT2D eigenvalue weighted by Gasteiger charge is -2.15. The highest BCUT2D eigenvalue weighted by Crippen LogP contribution is 2.42. The molecule has 2 amide bonds. The number of carbonyl (C=O) groups is 2. The Morgan fingerprint density at radius 3 is 2.43 bits per heavy atom. The topological polar surface area (TPSA) is 88.3 Å². The molecule has 3 N–H and O–H groups in total. The van der Waals surface area contributed by atoms with Crippen LogP contribution in [0, 0.1) is 0 Å². The van der Waals surface area contributed by atoms with E-state index in [2.05, 4.69) is 10.3 Å². The number of benzene rings is 2. The highest BCUT2D eigenvalue weighted by Gasteiger charge is 2.37. The number of nitrogen functional groups attached to an aromatic ring is 1. The summed E-state index contributed by atoms with van der Waals surface area (Å²) >= 11 is 0. The van der Waals surface area contributed by atoms with Crippen LogP contribution in [0.5, 0.6) is 0 Å². The summed E-state index contributed by atoms with van der Waals surface area (Å²) in [5.41, 5.74) is 10.2. The zero-order valence-electron chi connectivity index (χ0n) is 15.2. The maximum atomic E-state index is 13.3. The largest absolute Gasteiger partial charge is 0.399 e. The second-order valence-electron chi connectivity index (χ2n) is 6.41. The van der Waals surface area contributed by atoms with E-state index < -0.39 is 0 Å². The van der Waals surface area contributed by atoms with Crippen LogP contribution in [0.2, 0.25) is 0 Å². The molecule has 0 spiro atoms. The minimum absolute atomic E-state index is 0.358. The number of rotatable bonds is 3. The van der Waals surface area contributed by atoms with E-state index in [0.717, 1.165) is 16.2 Å². The van der Waals surface area contributed by atoms with E-state index in [-0.39, 0.29) is 11.8 Å². The van der Waals surface area contributed by atoms with Gasteiger partial charge in [0.05, 0.1) is 17.0 Å². The second-order valence-corrected chi connectivity index (χ2v) is 6.41. The van der Waals surface area contributed by atoms with E-state index in [1.54, 1.807) is 30.6 Å². The molecule has 6 nitrogen and oxygen atoms in total. The molecular weight excluding hydrogens is 352 g/mol. The van der Waals surface area contributed by atoms with Gasteiger partial charge < -0.3 is 11.1 Å². The maximum absolute atomic E-state index is 13.3. The number of anilines is 3. The molecule has 138 valence electrons. The molecule has 6 heteroatoms. The third kappa shape index (κ3) is 3.01. The molecule has 2 aromatic carbocycles. The van der Waals surface area contributed by atoms with E-state index in [0.29, 0.717) is 28.2 Å². The lowest BCUT2D eigenvalue weighted by molar-refractivity contribution is -0.122. The van der Waals surface area contributed by atoms with Crippen molar-refractivity contribution in [2.24, 2.45) is 0 Å². The molecule has 28 heavy (non-hydrogen) atoms. The zero-order chi connectivity index (χ0) is 19.7. The average molecular weight is 370 g/mol. The van der Waals surface area contributed by atoms with Gasteiger partial charge in [0.2, 0.25) is 5.91 Å². The quantitative estimate of drug-likeness (QED) is 0.544. The number of carbonyl (C=O) groups excluding carboxylic acids is 2. The molecule has 0 bridgehead atoms. The maximum Gasteiger partial charge on any atom is 0.267 e. The lowest BCUT2D eigenvalue weighted by atomic mass is 10.00. The second kappa shape index (κ2) is 7.00. The molecule has 0 aliphatic carbocycles. The number of nitrogens with two attached hydrogens (primary N) is 1. The summed E-state index contributed by atoms with van der Waals surface area (Å²) in [6.07, 6.45) is 3.34. The fraction of sp³-hybridized carbons (Fsp3) is 0.0455. The first-order valence-electron chi connectivity index (χ1n) is 8.78. The molecule has 0 fully saturated rings. The van der Waals surface area contributed by atoms with Crippen LogP contribution in [-0.2, 0) is 9.59 Å². The molecule has 0 saturated heterocycles. The third-order valence-corrected chi connectivity index (χ3v) is 4.53. The molecular formula is C22H18N4O2. The Labute approximate surface area is 162 Å². The average Bonchev–Trinajstić information content (AvgIpc) is 2.98. The van der Waals surface area contributed by atoms with Gasteiger partial charge >= 0.3 is 0 Å². The highest BCUT2D eigenvalue weighted by atomic mass is 16.2. The van der Waals surface area contributed by atoms with E-state index in [1.807, 2.05) is 42.5 Å². The summed E-state index contributed by atoms with van der Waals surface area (Å²) in [5, 5.41) is 3.33. The van der Waals surface area contributed by atoms with Crippen LogP contribution in [0.4, 0.5) is 17.1 Å². The Morgan fingerprint density at radius 1 is 1.04 bits per heavy atom. The van der Waals surface area contributed by atoms with Gasteiger partial charge in [-0.05, 0) is 35.9 Å². The van der Waals surface area contributed by atoms with Crippen LogP contribution in [0.15, 0.2) is 73.1 Å². The summed E-state index contributed by atoms with van der Waals surface area (Å²) in [5.74, 6) is -0.739. The van der Waals surface area contributed by atoms with Crippen molar-refractivity contribution in [3.63, 3.8) is 0 Å². The Balaban J connectivity index is 1.98. The number of imide groups is 1. The minimum Gasteiger partial charge on any atom is -0.399 e. The van der Waals surface area contributed by atoms with Crippen molar-refractivity contribution in [1.29, 1.82) is 0 Å². The van der Waals surface area contributed by atoms with Gasteiger partial charge in [-0.1, -0.05) is 30.3 Å². The number of nitrogens with one attached hydrogen (secondary N) is 1. The van der Waals surface area contributed by atoms with Gasteiger partial charge in [0, 0.05) is 36.3 Å². The molecule has 1 aromatic heterocycles.